The Bertz CT molecular complexity index is 536. The van der Waals surface area contributed by atoms with Gasteiger partial charge in [-0.3, -0.25) is 0 Å². The number of aromatic nitrogens is 2. The van der Waals surface area contributed by atoms with Gasteiger partial charge in [0.25, 0.3) is 0 Å². The second-order valence-corrected chi connectivity index (χ2v) is 5.76. The highest BCUT2D eigenvalue weighted by Crippen LogP contribution is 2.27. The van der Waals surface area contributed by atoms with E-state index in [1.54, 1.807) is 6.07 Å². The van der Waals surface area contributed by atoms with Gasteiger partial charge in [0.05, 0.1) is 21.1 Å². The van der Waals surface area contributed by atoms with Gasteiger partial charge in [0.1, 0.15) is 0 Å². The monoisotopic (exact) mass is 298 g/mol. The molecule has 0 radical (unpaired) electrons. The summed E-state index contributed by atoms with van der Waals surface area (Å²) >= 11 is 12.0. The zero-order valence-electron chi connectivity index (χ0n) is 10.5. The largest absolute Gasteiger partial charge is 0.356 e. The second-order valence-electron chi connectivity index (χ2n) is 4.94. The van der Waals surface area contributed by atoms with Gasteiger partial charge < -0.3 is 15.6 Å². The molecule has 2 aromatic rings. The average Bonchev–Trinajstić information content (AvgIpc) is 2.80. The molecule has 1 saturated heterocycles. The van der Waals surface area contributed by atoms with Crippen molar-refractivity contribution in [3.8, 4) is 0 Å². The summed E-state index contributed by atoms with van der Waals surface area (Å²) < 4.78 is 0. The highest BCUT2D eigenvalue weighted by atomic mass is 35.5. The quantitative estimate of drug-likeness (QED) is 0.815. The number of H-pyrrole nitrogens is 1. The van der Waals surface area contributed by atoms with Gasteiger partial charge in [0.15, 0.2) is 0 Å². The molecule has 0 atom stereocenters. The van der Waals surface area contributed by atoms with Crippen LogP contribution in [0.25, 0.3) is 11.0 Å². The first-order valence-electron chi connectivity index (χ1n) is 6.52. The number of halogens is 2. The number of hydrogen-bond donors (Lipinski definition) is 3. The van der Waals surface area contributed by atoms with Crippen LogP contribution in [0.2, 0.25) is 10.0 Å². The normalized spacial score (nSPS) is 16.9. The molecule has 1 aliphatic heterocycles. The number of rotatable bonds is 3. The third kappa shape index (κ3) is 2.96. The molecule has 1 aromatic carbocycles. The Morgan fingerprint density at radius 1 is 1.21 bits per heavy atom. The number of hydrogen-bond acceptors (Lipinski definition) is 3. The fourth-order valence-electron chi connectivity index (χ4n) is 2.42. The van der Waals surface area contributed by atoms with Crippen LogP contribution in [0.1, 0.15) is 12.8 Å². The molecule has 1 aliphatic rings. The van der Waals surface area contributed by atoms with Crippen molar-refractivity contribution >= 4 is 40.2 Å². The van der Waals surface area contributed by atoms with Crippen LogP contribution in [0.3, 0.4) is 0 Å². The molecule has 6 heteroatoms. The summed E-state index contributed by atoms with van der Waals surface area (Å²) in [4.78, 5) is 7.70. The van der Waals surface area contributed by atoms with Crippen molar-refractivity contribution in [2.75, 3.05) is 25.0 Å². The standard InChI is InChI=1S/C13H16Cl2N4/c14-9-5-11-12(6-10(9)15)19-13(18-11)17-7-8-1-3-16-4-2-8/h5-6,8,16H,1-4,7H2,(H2,17,18,19). The number of imidazole rings is 1. The summed E-state index contributed by atoms with van der Waals surface area (Å²) in [5.41, 5.74) is 1.74. The Kier molecular flexibility index (Phi) is 3.82. The molecule has 3 N–H and O–H groups in total. The Labute approximate surface area is 121 Å². The van der Waals surface area contributed by atoms with Crippen LogP contribution in [0.15, 0.2) is 12.1 Å². The lowest BCUT2D eigenvalue weighted by atomic mass is 9.98. The number of nitrogens with one attached hydrogen (secondary N) is 3. The van der Waals surface area contributed by atoms with Crippen LogP contribution in [0.4, 0.5) is 5.95 Å². The van der Waals surface area contributed by atoms with E-state index < -0.39 is 0 Å². The van der Waals surface area contributed by atoms with E-state index in [4.69, 9.17) is 23.2 Å². The first-order valence-corrected chi connectivity index (χ1v) is 7.27. The van der Waals surface area contributed by atoms with Gasteiger partial charge in [-0.1, -0.05) is 23.2 Å². The number of nitrogens with zero attached hydrogens (tertiary/aromatic N) is 1. The van der Waals surface area contributed by atoms with E-state index in [-0.39, 0.29) is 0 Å². The van der Waals surface area contributed by atoms with E-state index in [9.17, 15) is 0 Å². The Hall–Kier alpha value is -0.970. The molecule has 1 aromatic heterocycles. The van der Waals surface area contributed by atoms with Gasteiger partial charge in [-0.05, 0) is 44.0 Å². The van der Waals surface area contributed by atoms with Gasteiger partial charge in [0.2, 0.25) is 5.95 Å². The number of aromatic amines is 1. The Morgan fingerprint density at radius 3 is 2.74 bits per heavy atom. The van der Waals surface area contributed by atoms with E-state index in [1.165, 1.54) is 12.8 Å². The van der Waals surface area contributed by atoms with E-state index >= 15 is 0 Å². The number of benzene rings is 1. The van der Waals surface area contributed by atoms with E-state index in [0.29, 0.717) is 16.0 Å². The fourth-order valence-corrected chi connectivity index (χ4v) is 2.74. The summed E-state index contributed by atoms with van der Waals surface area (Å²) in [6.07, 6.45) is 2.43. The minimum absolute atomic E-state index is 0.533. The maximum absolute atomic E-state index is 5.99. The van der Waals surface area contributed by atoms with Crippen molar-refractivity contribution in [1.29, 1.82) is 0 Å². The predicted molar refractivity (Wildman–Crippen MR) is 80.2 cm³/mol. The van der Waals surface area contributed by atoms with Crippen molar-refractivity contribution in [1.82, 2.24) is 15.3 Å². The summed E-state index contributed by atoms with van der Waals surface area (Å²) in [5, 5.41) is 7.81. The minimum Gasteiger partial charge on any atom is -0.356 e. The minimum atomic E-state index is 0.533. The highest BCUT2D eigenvalue weighted by Gasteiger charge is 2.13. The van der Waals surface area contributed by atoms with Crippen molar-refractivity contribution in [3.63, 3.8) is 0 Å². The molecule has 4 nitrogen and oxygen atoms in total. The first-order chi connectivity index (χ1) is 9.22. The van der Waals surface area contributed by atoms with Crippen molar-refractivity contribution < 1.29 is 0 Å². The van der Waals surface area contributed by atoms with Gasteiger partial charge in [-0.15, -0.1) is 0 Å². The van der Waals surface area contributed by atoms with E-state index in [2.05, 4.69) is 20.6 Å². The molecule has 102 valence electrons. The average molecular weight is 299 g/mol. The summed E-state index contributed by atoms with van der Waals surface area (Å²) in [6, 6.07) is 3.59. The third-order valence-corrected chi connectivity index (χ3v) is 4.26. The molecule has 0 bridgehead atoms. The lowest BCUT2D eigenvalue weighted by molar-refractivity contribution is 0.389. The molecule has 19 heavy (non-hydrogen) atoms. The highest BCUT2D eigenvalue weighted by molar-refractivity contribution is 6.42. The van der Waals surface area contributed by atoms with E-state index in [1.807, 2.05) is 6.07 Å². The second kappa shape index (κ2) is 5.57. The van der Waals surface area contributed by atoms with Gasteiger partial charge in [0, 0.05) is 6.54 Å². The van der Waals surface area contributed by atoms with Crippen LogP contribution in [-0.2, 0) is 0 Å². The molecule has 0 amide bonds. The fraction of sp³-hybridized carbons (Fsp3) is 0.462. The van der Waals surface area contributed by atoms with Gasteiger partial charge >= 0.3 is 0 Å². The maximum Gasteiger partial charge on any atom is 0.201 e. The molecule has 3 rings (SSSR count). The van der Waals surface area contributed by atoms with Crippen molar-refractivity contribution in [2.45, 2.75) is 12.8 Å². The van der Waals surface area contributed by atoms with E-state index in [0.717, 1.165) is 36.6 Å². The maximum atomic E-state index is 5.99. The summed E-state index contributed by atoms with van der Waals surface area (Å²) in [7, 11) is 0. The number of fused-ring (bicyclic) bond motifs is 1. The van der Waals surface area contributed by atoms with Crippen LogP contribution in [-0.4, -0.2) is 29.6 Å². The zero-order valence-corrected chi connectivity index (χ0v) is 12.0. The summed E-state index contributed by atoms with van der Waals surface area (Å²) in [5.74, 6) is 1.49. The van der Waals surface area contributed by atoms with Gasteiger partial charge in [-0.25, -0.2) is 4.98 Å². The number of anilines is 1. The van der Waals surface area contributed by atoms with Crippen LogP contribution in [0.5, 0.6) is 0 Å². The van der Waals surface area contributed by atoms with Crippen LogP contribution in [0, 0.1) is 5.92 Å². The molecule has 2 heterocycles. The Morgan fingerprint density at radius 2 is 1.95 bits per heavy atom. The van der Waals surface area contributed by atoms with Gasteiger partial charge in [-0.2, -0.15) is 0 Å². The molecular formula is C13H16Cl2N4. The molecule has 0 aliphatic carbocycles. The third-order valence-electron chi connectivity index (χ3n) is 3.54. The molecule has 0 spiro atoms. The lowest BCUT2D eigenvalue weighted by Gasteiger charge is -2.22. The number of piperidine rings is 1. The van der Waals surface area contributed by atoms with Crippen molar-refractivity contribution in [3.05, 3.63) is 22.2 Å². The van der Waals surface area contributed by atoms with Crippen molar-refractivity contribution in [2.24, 2.45) is 5.92 Å². The lowest BCUT2D eigenvalue weighted by Crippen LogP contribution is -2.31. The topological polar surface area (TPSA) is 52.7 Å². The molecule has 0 unspecified atom stereocenters. The Balaban J connectivity index is 1.70. The zero-order chi connectivity index (χ0) is 13.2. The van der Waals surface area contributed by atoms with Crippen LogP contribution < -0.4 is 10.6 Å². The molecule has 0 saturated carbocycles. The smallest absolute Gasteiger partial charge is 0.201 e. The molecule has 1 fully saturated rings. The predicted octanol–water partition coefficient (Wildman–Crippen LogP) is 3.28. The SMILES string of the molecule is Clc1cc2nc(NCC3CCNCC3)[nH]c2cc1Cl. The summed E-state index contributed by atoms with van der Waals surface area (Å²) in [6.45, 7) is 3.17. The molecular weight excluding hydrogens is 283 g/mol. The first kappa shape index (κ1) is 13.0. The van der Waals surface area contributed by atoms with Crippen LogP contribution >= 0.6 is 23.2 Å².